The first kappa shape index (κ1) is 13.0. The first-order chi connectivity index (χ1) is 7.77. The average molecular weight is 223 g/mol. The van der Waals surface area contributed by atoms with Gasteiger partial charge in [-0.25, -0.2) is 9.68 Å². The van der Waals surface area contributed by atoms with E-state index < -0.39 is 0 Å². The largest absolute Gasteiger partial charge is 0.249 e. The van der Waals surface area contributed by atoms with Gasteiger partial charge in [0.2, 0.25) is 0 Å². The third-order valence-corrected chi connectivity index (χ3v) is 2.07. The van der Waals surface area contributed by atoms with Crippen LogP contribution in [-0.4, -0.2) is 13.2 Å². The standard InChI is InChI=1S/C13H21NO2/c1-4-10-15-14(16-11-5-2)13-8-6-12(3)7-9-13/h6-9H,4-5,10-11H2,1-3H3. The molecule has 0 aliphatic heterocycles. The highest BCUT2D eigenvalue weighted by atomic mass is 16.9. The van der Waals surface area contributed by atoms with Crippen LogP contribution in [0.1, 0.15) is 32.3 Å². The van der Waals surface area contributed by atoms with Gasteiger partial charge in [0, 0.05) is 0 Å². The highest BCUT2D eigenvalue weighted by Crippen LogP contribution is 2.16. The topological polar surface area (TPSA) is 21.7 Å². The van der Waals surface area contributed by atoms with E-state index in [4.69, 9.17) is 9.68 Å². The van der Waals surface area contributed by atoms with Crippen molar-refractivity contribution in [3.05, 3.63) is 29.8 Å². The van der Waals surface area contributed by atoms with Crippen molar-refractivity contribution in [3.8, 4) is 0 Å². The average Bonchev–Trinajstić information content (AvgIpc) is 2.31. The van der Waals surface area contributed by atoms with Crippen LogP contribution >= 0.6 is 0 Å². The van der Waals surface area contributed by atoms with Gasteiger partial charge in [-0.05, 0) is 31.9 Å². The van der Waals surface area contributed by atoms with Crippen LogP contribution in [0.15, 0.2) is 24.3 Å². The number of benzene rings is 1. The number of rotatable bonds is 7. The molecule has 16 heavy (non-hydrogen) atoms. The van der Waals surface area contributed by atoms with Gasteiger partial charge in [0.1, 0.15) is 0 Å². The molecular formula is C13H21NO2. The summed E-state index contributed by atoms with van der Waals surface area (Å²) in [6.07, 6.45) is 1.94. The normalized spacial score (nSPS) is 10.4. The van der Waals surface area contributed by atoms with E-state index in [1.807, 2.05) is 24.3 Å². The van der Waals surface area contributed by atoms with Gasteiger partial charge in [0.25, 0.3) is 0 Å². The quantitative estimate of drug-likeness (QED) is 0.660. The van der Waals surface area contributed by atoms with E-state index in [0.29, 0.717) is 13.2 Å². The SMILES string of the molecule is CCCON(OCCC)c1ccc(C)cc1. The predicted octanol–water partition coefficient (Wildman–Crippen LogP) is 3.48. The van der Waals surface area contributed by atoms with Crippen LogP contribution in [0.3, 0.4) is 0 Å². The maximum Gasteiger partial charge on any atom is 0.0947 e. The zero-order chi connectivity index (χ0) is 11.8. The van der Waals surface area contributed by atoms with E-state index in [9.17, 15) is 0 Å². The number of hydrogen-bond donors (Lipinski definition) is 0. The lowest BCUT2D eigenvalue weighted by molar-refractivity contribution is -0.0893. The zero-order valence-electron chi connectivity index (χ0n) is 10.4. The number of nitrogens with zero attached hydrogens (tertiary/aromatic N) is 1. The zero-order valence-corrected chi connectivity index (χ0v) is 10.4. The second kappa shape index (κ2) is 7.25. The lowest BCUT2D eigenvalue weighted by Crippen LogP contribution is -2.24. The Labute approximate surface area is 97.9 Å². The molecule has 0 saturated carbocycles. The lowest BCUT2D eigenvalue weighted by Gasteiger charge is -2.22. The Balaban J connectivity index is 2.62. The molecule has 0 fully saturated rings. The summed E-state index contributed by atoms with van der Waals surface area (Å²) in [4.78, 5) is 11.1. The molecule has 0 aromatic heterocycles. The van der Waals surface area contributed by atoms with Crippen molar-refractivity contribution in [2.75, 3.05) is 18.4 Å². The fourth-order valence-corrected chi connectivity index (χ4v) is 1.20. The molecule has 0 aliphatic carbocycles. The monoisotopic (exact) mass is 223 g/mol. The summed E-state index contributed by atoms with van der Waals surface area (Å²) in [6, 6.07) is 8.10. The molecule has 0 amide bonds. The van der Waals surface area contributed by atoms with Gasteiger partial charge in [-0.1, -0.05) is 31.5 Å². The van der Waals surface area contributed by atoms with Gasteiger partial charge in [-0.2, -0.15) is 0 Å². The molecule has 90 valence electrons. The molecule has 3 heteroatoms. The van der Waals surface area contributed by atoms with Crippen LogP contribution in [0.2, 0.25) is 0 Å². The van der Waals surface area contributed by atoms with Crippen LogP contribution in [0.25, 0.3) is 0 Å². The van der Waals surface area contributed by atoms with Crippen LogP contribution < -0.4 is 5.23 Å². The summed E-state index contributed by atoms with van der Waals surface area (Å²) in [5.74, 6) is 0. The summed E-state index contributed by atoms with van der Waals surface area (Å²) in [5, 5.41) is 1.52. The van der Waals surface area contributed by atoms with Gasteiger partial charge in [0.15, 0.2) is 0 Å². The maximum atomic E-state index is 5.53. The molecule has 1 aromatic rings. The summed E-state index contributed by atoms with van der Waals surface area (Å²) >= 11 is 0. The number of aryl methyl sites for hydroxylation is 1. The fourth-order valence-electron chi connectivity index (χ4n) is 1.20. The summed E-state index contributed by atoms with van der Waals surface area (Å²) in [6.45, 7) is 7.55. The molecule has 0 bridgehead atoms. The summed E-state index contributed by atoms with van der Waals surface area (Å²) < 4.78 is 0. The van der Waals surface area contributed by atoms with Crippen molar-refractivity contribution in [2.24, 2.45) is 0 Å². The Bertz CT molecular complexity index is 276. The molecule has 0 heterocycles. The van der Waals surface area contributed by atoms with Crippen LogP contribution in [0, 0.1) is 6.92 Å². The fraction of sp³-hybridized carbons (Fsp3) is 0.538. The Kier molecular flexibility index (Phi) is 5.90. The van der Waals surface area contributed by atoms with E-state index in [0.717, 1.165) is 18.5 Å². The second-order valence-electron chi connectivity index (χ2n) is 3.76. The highest BCUT2D eigenvalue weighted by molar-refractivity contribution is 5.42. The smallest absolute Gasteiger partial charge is 0.0947 e. The second-order valence-corrected chi connectivity index (χ2v) is 3.76. The van der Waals surface area contributed by atoms with Crippen molar-refractivity contribution in [1.82, 2.24) is 0 Å². The van der Waals surface area contributed by atoms with Crippen LogP contribution in [0.5, 0.6) is 0 Å². The van der Waals surface area contributed by atoms with E-state index in [1.54, 1.807) is 0 Å². The predicted molar refractivity (Wildman–Crippen MR) is 66.1 cm³/mol. The van der Waals surface area contributed by atoms with Crippen molar-refractivity contribution in [1.29, 1.82) is 0 Å². The molecule has 3 nitrogen and oxygen atoms in total. The summed E-state index contributed by atoms with van der Waals surface area (Å²) in [5.41, 5.74) is 2.17. The molecule has 0 spiro atoms. The Morgan fingerprint density at radius 2 is 1.44 bits per heavy atom. The first-order valence-corrected chi connectivity index (χ1v) is 5.90. The van der Waals surface area contributed by atoms with Gasteiger partial charge in [0.05, 0.1) is 18.9 Å². The van der Waals surface area contributed by atoms with Crippen molar-refractivity contribution >= 4 is 5.69 Å². The van der Waals surface area contributed by atoms with E-state index >= 15 is 0 Å². The van der Waals surface area contributed by atoms with Crippen molar-refractivity contribution < 1.29 is 9.68 Å². The van der Waals surface area contributed by atoms with Crippen LogP contribution in [0.4, 0.5) is 5.69 Å². The van der Waals surface area contributed by atoms with Crippen molar-refractivity contribution in [3.63, 3.8) is 0 Å². The van der Waals surface area contributed by atoms with Gasteiger partial charge in [-0.15, -0.1) is 5.23 Å². The van der Waals surface area contributed by atoms with E-state index in [2.05, 4.69) is 20.8 Å². The minimum Gasteiger partial charge on any atom is -0.249 e. The minimum atomic E-state index is 0.664. The highest BCUT2D eigenvalue weighted by Gasteiger charge is 2.06. The van der Waals surface area contributed by atoms with Crippen molar-refractivity contribution in [2.45, 2.75) is 33.6 Å². The molecule has 0 unspecified atom stereocenters. The third kappa shape index (κ3) is 4.21. The Morgan fingerprint density at radius 1 is 0.938 bits per heavy atom. The molecule has 0 saturated heterocycles. The third-order valence-electron chi connectivity index (χ3n) is 2.07. The molecule has 0 N–H and O–H groups in total. The molecule has 0 atom stereocenters. The Morgan fingerprint density at radius 3 is 1.88 bits per heavy atom. The first-order valence-electron chi connectivity index (χ1n) is 5.90. The van der Waals surface area contributed by atoms with Crippen LogP contribution in [-0.2, 0) is 9.68 Å². The van der Waals surface area contributed by atoms with Gasteiger partial charge < -0.3 is 0 Å². The van der Waals surface area contributed by atoms with Gasteiger partial charge >= 0.3 is 0 Å². The summed E-state index contributed by atoms with van der Waals surface area (Å²) in [7, 11) is 0. The van der Waals surface area contributed by atoms with E-state index in [1.165, 1.54) is 10.8 Å². The van der Waals surface area contributed by atoms with E-state index in [-0.39, 0.29) is 0 Å². The number of hydrogen-bond acceptors (Lipinski definition) is 3. The molecule has 0 radical (unpaired) electrons. The molecule has 1 aromatic carbocycles. The molecule has 0 aliphatic rings. The Hall–Kier alpha value is -1.06. The van der Waals surface area contributed by atoms with Gasteiger partial charge in [-0.3, -0.25) is 0 Å². The minimum absolute atomic E-state index is 0.664. The molecule has 1 rings (SSSR count). The molecular weight excluding hydrogens is 202 g/mol. The number of anilines is 1. The maximum absolute atomic E-state index is 5.53. The lowest BCUT2D eigenvalue weighted by atomic mass is 10.2.